The number of rotatable bonds is 7. The Labute approximate surface area is 213 Å². The quantitative estimate of drug-likeness (QED) is 0.226. The number of thiophene rings is 1. The van der Waals surface area contributed by atoms with Crippen molar-refractivity contribution in [3.63, 3.8) is 0 Å². The summed E-state index contributed by atoms with van der Waals surface area (Å²) >= 11 is 1.75. The zero-order valence-corrected chi connectivity index (χ0v) is 20.4. The third-order valence-corrected chi connectivity index (χ3v) is 7.74. The Morgan fingerprint density at radius 1 is 0.722 bits per heavy atom. The molecule has 1 aliphatic rings. The van der Waals surface area contributed by atoms with E-state index in [2.05, 4.69) is 29.3 Å². The number of nitrogens with zero attached hydrogens (tertiary/aromatic N) is 1. The molecule has 4 heteroatoms. The fraction of sp³-hybridized carbons (Fsp3) is 0.0938. The summed E-state index contributed by atoms with van der Waals surface area (Å²) in [6.45, 7) is 0.644. The van der Waals surface area contributed by atoms with Gasteiger partial charge in [0.15, 0.2) is 11.6 Å². The van der Waals surface area contributed by atoms with Crippen LogP contribution in [0.1, 0.15) is 43.0 Å². The van der Waals surface area contributed by atoms with Gasteiger partial charge in [-0.15, -0.1) is 11.3 Å². The first-order valence-electron chi connectivity index (χ1n) is 12.0. The average molecular weight is 486 g/mol. The lowest BCUT2D eigenvalue weighted by Gasteiger charge is -2.10. The van der Waals surface area contributed by atoms with E-state index >= 15 is 0 Å². The minimum absolute atomic E-state index is 0.0620. The lowest BCUT2D eigenvalue weighted by atomic mass is 9.93. The van der Waals surface area contributed by atoms with Crippen LogP contribution < -0.4 is 0 Å². The van der Waals surface area contributed by atoms with Crippen molar-refractivity contribution in [1.29, 1.82) is 0 Å². The predicted molar refractivity (Wildman–Crippen MR) is 148 cm³/mol. The van der Waals surface area contributed by atoms with Crippen LogP contribution in [0.25, 0.3) is 20.5 Å². The second-order valence-electron chi connectivity index (χ2n) is 9.10. The van der Waals surface area contributed by atoms with Gasteiger partial charge in [0.25, 0.3) is 0 Å². The molecule has 3 nitrogen and oxygen atoms in total. The molecule has 0 spiro atoms. The maximum atomic E-state index is 13.4. The molecule has 2 heterocycles. The first kappa shape index (κ1) is 22.3. The van der Waals surface area contributed by atoms with Crippen molar-refractivity contribution in [2.24, 2.45) is 4.99 Å². The maximum Gasteiger partial charge on any atom is 0.167 e. The van der Waals surface area contributed by atoms with Gasteiger partial charge in [-0.3, -0.25) is 14.6 Å². The fourth-order valence-corrected chi connectivity index (χ4v) is 5.87. The number of hydrogen-bond acceptors (Lipinski definition) is 4. The van der Waals surface area contributed by atoms with E-state index < -0.39 is 0 Å². The first-order valence-corrected chi connectivity index (χ1v) is 12.8. The molecule has 0 atom stereocenters. The Balaban J connectivity index is 1.27. The zero-order chi connectivity index (χ0) is 24.5. The second-order valence-corrected chi connectivity index (χ2v) is 10.2. The maximum absolute atomic E-state index is 13.4. The Kier molecular flexibility index (Phi) is 5.88. The van der Waals surface area contributed by atoms with Gasteiger partial charge in [-0.2, -0.15) is 0 Å². The van der Waals surface area contributed by atoms with E-state index in [4.69, 9.17) is 0 Å². The summed E-state index contributed by atoms with van der Waals surface area (Å²) in [6, 6.07) is 31.7. The predicted octanol–water partition coefficient (Wildman–Crippen LogP) is 7.35. The molecule has 1 aliphatic heterocycles. The topological polar surface area (TPSA) is 46.5 Å². The van der Waals surface area contributed by atoms with E-state index in [9.17, 15) is 9.59 Å². The van der Waals surface area contributed by atoms with E-state index in [1.54, 1.807) is 11.3 Å². The fourth-order valence-electron chi connectivity index (χ4n) is 4.77. The molecule has 0 saturated heterocycles. The highest BCUT2D eigenvalue weighted by Crippen LogP contribution is 2.38. The molecule has 0 radical (unpaired) electrons. The van der Waals surface area contributed by atoms with Gasteiger partial charge in [0.05, 0.1) is 6.54 Å². The van der Waals surface area contributed by atoms with Gasteiger partial charge in [-0.05, 0) is 57.5 Å². The molecular weight excluding hydrogens is 462 g/mol. The number of Topliss-reactive ketones (excluding diaryl/α,β-unsaturated/α-hetero) is 2. The van der Waals surface area contributed by atoms with E-state index in [1.165, 1.54) is 15.6 Å². The number of ketones is 2. The van der Waals surface area contributed by atoms with Crippen LogP contribution in [0.2, 0.25) is 0 Å². The Morgan fingerprint density at radius 3 is 2.22 bits per heavy atom. The molecule has 36 heavy (non-hydrogen) atoms. The van der Waals surface area contributed by atoms with Crippen molar-refractivity contribution >= 4 is 39.2 Å². The van der Waals surface area contributed by atoms with Crippen molar-refractivity contribution in [2.45, 2.75) is 19.4 Å². The molecule has 0 N–H and O–H groups in total. The lowest BCUT2D eigenvalue weighted by molar-refractivity contribution is 0.0986. The molecule has 1 aromatic heterocycles. The SMILES string of the molecule is O=C(Cc1cccc(CC(=O)c2cc3c(c(-c4cc5ccccc5s4)c2)CN=C3)c1)c1ccccc1. The number of carbonyl (C=O) groups excluding carboxylic acids is 2. The Morgan fingerprint density at radius 2 is 1.44 bits per heavy atom. The number of aliphatic imine (C=N–C) groups is 1. The minimum atomic E-state index is 0.0620. The van der Waals surface area contributed by atoms with Gasteiger partial charge in [-0.25, -0.2) is 0 Å². The van der Waals surface area contributed by atoms with Crippen LogP contribution >= 0.6 is 11.3 Å². The minimum Gasteiger partial charge on any atom is -0.294 e. The van der Waals surface area contributed by atoms with Gasteiger partial charge in [0, 0.05) is 39.8 Å². The summed E-state index contributed by atoms with van der Waals surface area (Å²) < 4.78 is 1.23. The van der Waals surface area contributed by atoms with Crippen LogP contribution in [-0.2, 0) is 19.4 Å². The summed E-state index contributed by atoms with van der Waals surface area (Å²) in [5, 5.41) is 1.21. The molecule has 5 aromatic rings. The van der Waals surface area contributed by atoms with Crippen LogP contribution in [0.15, 0.2) is 102 Å². The van der Waals surface area contributed by atoms with Crippen LogP contribution in [-0.4, -0.2) is 17.8 Å². The zero-order valence-electron chi connectivity index (χ0n) is 19.6. The van der Waals surface area contributed by atoms with Crippen molar-refractivity contribution in [1.82, 2.24) is 0 Å². The summed E-state index contributed by atoms with van der Waals surface area (Å²) in [5.74, 6) is 0.136. The van der Waals surface area contributed by atoms with Gasteiger partial charge in [-0.1, -0.05) is 72.8 Å². The van der Waals surface area contributed by atoms with Crippen LogP contribution in [0.3, 0.4) is 0 Å². The van der Waals surface area contributed by atoms with Crippen molar-refractivity contribution in [3.8, 4) is 10.4 Å². The molecule has 0 bridgehead atoms. The van der Waals surface area contributed by atoms with Gasteiger partial charge >= 0.3 is 0 Å². The summed E-state index contributed by atoms with van der Waals surface area (Å²) in [5.41, 5.74) is 6.52. The third-order valence-electron chi connectivity index (χ3n) is 6.59. The number of fused-ring (bicyclic) bond motifs is 2. The van der Waals surface area contributed by atoms with E-state index in [0.29, 0.717) is 24.1 Å². The van der Waals surface area contributed by atoms with E-state index in [1.807, 2.05) is 79.0 Å². The lowest BCUT2D eigenvalue weighted by Crippen LogP contribution is -2.07. The van der Waals surface area contributed by atoms with Crippen molar-refractivity contribution in [2.75, 3.05) is 0 Å². The van der Waals surface area contributed by atoms with Crippen LogP contribution in [0.5, 0.6) is 0 Å². The molecule has 6 rings (SSSR count). The van der Waals surface area contributed by atoms with Crippen molar-refractivity contribution in [3.05, 3.63) is 130 Å². The summed E-state index contributed by atoms with van der Waals surface area (Å²) in [4.78, 5) is 31.7. The number of hydrogen-bond donors (Lipinski definition) is 0. The third kappa shape index (κ3) is 4.43. The Bertz CT molecular complexity index is 1610. The highest BCUT2D eigenvalue weighted by atomic mass is 32.1. The first-order chi connectivity index (χ1) is 17.6. The normalized spacial score (nSPS) is 12.1. The molecule has 0 amide bonds. The smallest absolute Gasteiger partial charge is 0.167 e. The molecular formula is C32H23NO2S. The molecule has 0 aliphatic carbocycles. The number of benzene rings is 4. The van der Waals surface area contributed by atoms with Gasteiger partial charge in [0.1, 0.15) is 0 Å². The van der Waals surface area contributed by atoms with E-state index in [-0.39, 0.29) is 18.0 Å². The Hall–Kier alpha value is -4.15. The summed E-state index contributed by atoms with van der Waals surface area (Å²) in [7, 11) is 0. The highest BCUT2D eigenvalue weighted by molar-refractivity contribution is 7.22. The largest absolute Gasteiger partial charge is 0.294 e. The summed E-state index contributed by atoms with van der Waals surface area (Å²) in [6.07, 6.45) is 2.48. The van der Waals surface area contributed by atoms with Crippen LogP contribution in [0.4, 0.5) is 0 Å². The monoisotopic (exact) mass is 485 g/mol. The molecule has 4 aromatic carbocycles. The molecule has 0 unspecified atom stereocenters. The van der Waals surface area contributed by atoms with Gasteiger partial charge < -0.3 is 0 Å². The standard InChI is InChI=1S/C32H23NO2S/c34-29(23-9-2-1-3-10-23)14-21-7-6-8-22(13-21)15-30(35)25-16-26-19-33-20-28(26)27(17-25)32-18-24-11-4-5-12-31(24)36-32/h1-13,16-19H,14-15,20H2. The number of carbonyl (C=O) groups is 2. The van der Waals surface area contributed by atoms with Crippen LogP contribution in [0, 0.1) is 0 Å². The molecule has 0 saturated carbocycles. The van der Waals surface area contributed by atoms with Crippen molar-refractivity contribution < 1.29 is 9.59 Å². The second kappa shape index (κ2) is 9.48. The van der Waals surface area contributed by atoms with E-state index in [0.717, 1.165) is 27.1 Å². The van der Waals surface area contributed by atoms with Gasteiger partial charge in [0.2, 0.25) is 0 Å². The molecule has 0 fully saturated rings. The highest BCUT2D eigenvalue weighted by Gasteiger charge is 2.19. The average Bonchev–Trinajstić information content (AvgIpc) is 3.56. The molecule has 174 valence electrons.